The molecule has 1 aliphatic rings. The molecule has 0 radical (unpaired) electrons. The zero-order chi connectivity index (χ0) is 20.3. The van der Waals surface area contributed by atoms with Gasteiger partial charge in [0.05, 0.1) is 0 Å². The second-order valence-electron chi connectivity index (χ2n) is 7.05. The summed E-state index contributed by atoms with van der Waals surface area (Å²) in [7, 11) is 0.344. The van der Waals surface area contributed by atoms with E-state index >= 15 is 0 Å². The van der Waals surface area contributed by atoms with Crippen molar-refractivity contribution < 1.29 is 17.4 Å². The molecule has 4 aromatic rings. The van der Waals surface area contributed by atoms with Gasteiger partial charge in [0.25, 0.3) is 0 Å². The van der Waals surface area contributed by atoms with Crippen LogP contribution in [0.25, 0.3) is 15.9 Å². The van der Waals surface area contributed by atoms with E-state index in [1.165, 1.54) is 15.7 Å². The van der Waals surface area contributed by atoms with Gasteiger partial charge in [0.1, 0.15) is 5.03 Å². The molecule has 1 aromatic carbocycles. The molecule has 152 valence electrons. The van der Waals surface area contributed by atoms with Gasteiger partial charge in [-0.2, -0.15) is 13.2 Å². The number of nitrogens with one attached hydrogen (secondary N) is 2. The number of rotatable bonds is 3. The smallest absolute Gasteiger partial charge is 0.357 e. The first kappa shape index (κ1) is 18.6. The summed E-state index contributed by atoms with van der Waals surface area (Å²) in [6.45, 7) is 1.83. The summed E-state index contributed by atoms with van der Waals surface area (Å²) in [4.78, 5) is 9.40. The van der Waals surface area contributed by atoms with Crippen molar-refractivity contribution in [3.05, 3.63) is 46.7 Å². The molecule has 0 bridgehead atoms. The fraction of sp³-hybridized carbons (Fsp3) is 0.278. The highest BCUT2D eigenvalue weighted by atomic mass is 32.2. The Morgan fingerprint density at radius 2 is 2.17 bits per heavy atom. The van der Waals surface area contributed by atoms with Gasteiger partial charge in [-0.15, -0.1) is 11.3 Å². The van der Waals surface area contributed by atoms with Gasteiger partial charge in [-0.3, -0.25) is 9.12 Å². The maximum atomic E-state index is 12.9. The largest absolute Gasteiger partial charge is 0.434 e. The van der Waals surface area contributed by atoms with Crippen molar-refractivity contribution in [1.29, 1.82) is 0 Å². The van der Waals surface area contributed by atoms with Crippen LogP contribution in [0.3, 0.4) is 0 Å². The molecule has 4 heterocycles. The van der Waals surface area contributed by atoms with Gasteiger partial charge in [0.2, 0.25) is 0 Å². The van der Waals surface area contributed by atoms with Crippen LogP contribution < -0.4 is 4.72 Å². The number of benzene rings is 1. The van der Waals surface area contributed by atoms with Crippen molar-refractivity contribution >= 4 is 43.9 Å². The first-order chi connectivity index (χ1) is 13.8. The Kier molecular flexibility index (Phi) is 4.23. The van der Waals surface area contributed by atoms with E-state index in [0.717, 1.165) is 47.9 Å². The zero-order valence-electron chi connectivity index (χ0n) is 15.2. The molecule has 6 nitrogen and oxygen atoms in total. The Labute approximate surface area is 169 Å². The average Bonchev–Trinajstić information content (AvgIpc) is 3.32. The lowest BCUT2D eigenvalue weighted by molar-refractivity contribution is -0.140. The molecule has 2 N–H and O–H groups in total. The summed E-state index contributed by atoms with van der Waals surface area (Å²) in [5.74, 6) is 0. The van der Waals surface area contributed by atoms with Crippen LogP contribution in [0.5, 0.6) is 0 Å². The summed E-state index contributed by atoms with van der Waals surface area (Å²) in [5.41, 5.74) is 3.11. The van der Waals surface area contributed by atoms with E-state index in [4.69, 9.17) is 0 Å². The number of hydrogen-bond donors (Lipinski definition) is 2. The Morgan fingerprint density at radius 1 is 1.34 bits per heavy atom. The fourth-order valence-electron chi connectivity index (χ4n) is 3.63. The number of hydrogen-bond acceptors (Lipinski definition) is 4. The van der Waals surface area contributed by atoms with Gasteiger partial charge in [-0.05, 0) is 37.2 Å². The minimum Gasteiger partial charge on any atom is -0.357 e. The standard InChI is InChI=1S/C18H16F3N5OS2/c1-25-5-4-11-12-6-10(2-3-13(12)22-14(11)7-25)24-29(27)16-9-28-17-23-15(8-26(16)17)18(19,20)21/h2-3,6,8-9,22,24H,4-5,7H2,1H3. The molecule has 29 heavy (non-hydrogen) atoms. The number of nitrogens with zero attached hydrogens (tertiary/aromatic N) is 3. The Morgan fingerprint density at radius 3 is 2.97 bits per heavy atom. The molecule has 11 heteroatoms. The van der Waals surface area contributed by atoms with Crippen LogP contribution in [0.1, 0.15) is 17.0 Å². The van der Waals surface area contributed by atoms with Crippen LogP contribution in [-0.4, -0.2) is 37.1 Å². The van der Waals surface area contributed by atoms with Crippen molar-refractivity contribution in [2.75, 3.05) is 18.3 Å². The molecule has 0 saturated carbocycles. The molecule has 1 atom stereocenters. The molecule has 1 unspecified atom stereocenters. The van der Waals surface area contributed by atoms with E-state index in [-0.39, 0.29) is 9.99 Å². The number of anilines is 1. The maximum Gasteiger partial charge on any atom is 0.434 e. The van der Waals surface area contributed by atoms with Crippen molar-refractivity contribution in [3.8, 4) is 0 Å². The Bertz CT molecular complexity index is 1260. The van der Waals surface area contributed by atoms with E-state index in [9.17, 15) is 17.4 Å². The summed E-state index contributed by atoms with van der Waals surface area (Å²) in [6.07, 6.45) is -2.73. The van der Waals surface area contributed by atoms with Crippen LogP contribution in [0.2, 0.25) is 0 Å². The van der Waals surface area contributed by atoms with Crippen LogP contribution in [0.15, 0.2) is 34.8 Å². The van der Waals surface area contributed by atoms with Crippen LogP contribution in [0, 0.1) is 0 Å². The second kappa shape index (κ2) is 6.57. The Balaban J connectivity index is 1.46. The molecular formula is C18H16F3N5OS2. The predicted molar refractivity (Wildman–Crippen MR) is 106 cm³/mol. The number of imidazole rings is 1. The highest BCUT2D eigenvalue weighted by Crippen LogP contribution is 2.32. The lowest BCUT2D eigenvalue weighted by atomic mass is 10.0. The zero-order valence-corrected chi connectivity index (χ0v) is 16.8. The highest BCUT2D eigenvalue weighted by Gasteiger charge is 2.34. The monoisotopic (exact) mass is 439 g/mol. The summed E-state index contributed by atoms with van der Waals surface area (Å²) >= 11 is 1.02. The minimum atomic E-state index is -4.54. The molecule has 0 spiro atoms. The van der Waals surface area contributed by atoms with Gasteiger partial charge in [0.15, 0.2) is 21.6 Å². The molecular weight excluding hydrogens is 423 g/mol. The van der Waals surface area contributed by atoms with Gasteiger partial charge >= 0.3 is 6.18 Å². The van der Waals surface area contributed by atoms with Crippen molar-refractivity contribution in [2.45, 2.75) is 24.2 Å². The lowest BCUT2D eigenvalue weighted by Crippen LogP contribution is -2.26. The first-order valence-electron chi connectivity index (χ1n) is 8.84. The van der Waals surface area contributed by atoms with E-state index in [0.29, 0.717) is 5.69 Å². The van der Waals surface area contributed by atoms with Gasteiger partial charge < -0.3 is 9.88 Å². The number of H-pyrrole nitrogens is 1. The van der Waals surface area contributed by atoms with Gasteiger partial charge in [-0.25, -0.2) is 9.19 Å². The normalized spacial score (nSPS) is 16.4. The number of aromatic nitrogens is 3. The summed E-state index contributed by atoms with van der Waals surface area (Å²) in [5, 5.41) is 2.86. The average molecular weight is 439 g/mol. The number of aromatic amines is 1. The summed E-state index contributed by atoms with van der Waals surface area (Å²) in [6, 6.07) is 5.67. The van der Waals surface area contributed by atoms with Crippen molar-refractivity contribution in [2.24, 2.45) is 0 Å². The third kappa shape index (κ3) is 3.22. The van der Waals surface area contributed by atoms with E-state index < -0.39 is 22.9 Å². The van der Waals surface area contributed by atoms with Gasteiger partial charge in [-0.1, -0.05) is 0 Å². The minimum absolute atomic E-state index is 0.154. The quantitative estimate of drug-likeness (QED) is 0.507. The molecule has 0 fully saturated rings. The van der Waals surface area contributed by atoms with Gasteiger partial charge in [0, 0.05) is 47.0 Å². The first-order valence-corrected chi connectivity index (χ1v) is 10.9. The summed E-state index contributed by atoms with van der Waals surface area (Å²) < 4.78 is 55.6. The molecule has 3 aromatic heterocycles. The third-order valence-electron chi connectivity index (χ3n) is 5.03. The molecule has 0 saturated heterocycles. The Hall–Kier alpha value is -2.37. The van der Waals surface area contributed by atoms with Crippen molar-refractivity contribution in [3.63, 3.8) is 0 Å². The topological polar surface area (TPSA) is 65.4 Å². The number of alkyl halides is 3. The molecule has 5 rings (SSSR count). The van der Waals surface area contributed by atoms with Crippen LogP contribution in [-0.2, 0) is 30.1 Å². The van der Waals surface area contributed by atoms with E-state index in [2.05, 4.69) is 26.6 Å². The van der Waals surface area contributed by atoms with Crippen LogP contribution in [0.4, 0.5) is 18.9 Å². The fourth-order valence-corrected chi connectivity index (χ4v) is 5.68. The van der Waals surface area contributed by atoms with E-state index in [1.54, 1.807) is 5.38 Å². The molecule has 1 aliphatic heterocycles. The number of thiazole rings is 1. The number of halogens is 3. The SMILES string of the molecule is CN1CCc2c([nH]c3ccc(NS(=O)c4csc5nc(C(F)(F)F)cn45)cc23)C1. The van der Waals surface area contributed by atoms with Crippen molar-refractivity contribution in [1.82, 2.24) is 19.3 Å². The lowest BCUT2D eigenvalue weighted by Gasteiger charge is -2.22. The number of fused-ring (bicyclic) bond motifs is 4. The maximum absolute atomic E-state index is 12.9. The molecule has 0 amide bonds. The van der Waals surface area contributed by atoms with E-state index in [1.807, 2.05) is 18.2 Å². The molecule has 0 aliphatic carbocycles. The van der Waals surface area contributed by atoms with Crippen LogP contribution >= 0.6 is 11.3 Å². The second-order valence-corrected chi connectivity index (χ2v) is 9.05. The predicted octanol–water partition coefficient (Wildman–Crippen LogP) is 4.02. The number of likely N-dealkylation sites (N-methyl/N-ethyl adjacent to an activating group) is 1. The third-order valence-corrected chi connectivity index (χ3v) is 7.14. The highest BCUT2D eigenvalue weighted by molar-refractivity contribution is 7.86.